The van der Waals surface area contributed by atoms with Crippen LogP contribution in [0.3, 0.4) is 0 Å². The van der Waals surface area contributed by atoms with Crippen LogP contribution in [0.25, 0.3) is 11.4 Å². The second-order valence-electron chi connectivity index (χ2n) is 6.48. The summed E-state index contributed by atoms with van der Waals surface area (Å²) in [5, 5.41) is 13.2. The first kappa shape index (κ1) is 23.1. The maximum atomic E-state index is 12.2. The van der Waals surface area contributed by atoms with Crippen molar-refractivity contribution >= 4 is 23.9 Å². The average molecular weight is 456 g/mol. The number of nitrogens with zero attached hydrogens (tertiary/aromatic N) is 4. The molecule has 10 heteroatoms. The van der Waals surface area contributed by atoms with E-state index in [9.17, 15) is 4.79 Å². The Balaban J connectivity index is 1.59. The van der Waals surface area contributed by atoms with E-state index >= 15 is 0 Å². The van der Waals surface area contributed by atoms with E-state index in [1.54, 1.807) is 39.7 Å². The second kappa shape index (κ2) is 11.2. The maximum absolute atomic E-state index is 12.2. The van der Waals surface area contributed by atoms with E-state index in [0.717, 1.165) is 22.7 Å². The molecule has 0 unspecified atom stereocenters. The molecule has 0 fully saturated rings. The topological polar surface area (TPSA) is 99.9 Å². The number of hydrogen-bond donors (Lipinski definition) is 1. The first-order chi connectivity index (χ1) is 15.6. The molecule has 0 atom stereocenters. The van der Waals surface area contributed by atoms with Crippen LogP contribution in [0, 0.1) is 0 Å². The number of aromatic nitrogens is 3. The lowest BCUT2D eigenvalue weighted by Crippen LogP contribution is -2.20. The Bertz CT molecular complexity index is 1080. The predicted octanol–water partition coefficient (Wildman–Crippen LogP) is 3.23. The van der Waals surface area contributed by atoms with Crippen molar-refractivity contribution in [1.29, 1.82) is 0 Å². The van der Waals surface area contributed by atoms with Gasteiger partial charge in [0.2, 0.25) is 0 Å². The Hall–Kier alpha value is -3.53. The van der Waals surface area contributed by atoms with Gasteiger partial charge in [0.1, 0.15) is 5.75 Å². The number of hydrazone groups is 1. The van der Waals surface area contributed by atoms with Crippen molar-refractivity contribution in [3.8, 4) is 28.6 Å². The molecule has 0 saturated carbocycles. The molecule has 0 bridgehead atoms. The number of thioether (sulfide) groups is 1. The molecule has 1 amide bonds. The summed E-state index contributed by atoms with van der Waals surface area (Å²) in [5.74, 6) is 2.64. The van der Waals surface area contributed by atoms with Crippen molar-refractivity contribution in [2.45, 2.75) is 18.6 Å². The lowest BCUT2D eigenvalue weighted by Gasteiger charge is -2.08. The van der Waals surface area contributed by atoms with Crippen LogP contribution in [0.5, 0.6) is 17.2 Å². The van der Waals surface area contributed by atoms with Crippen molar-refractivity contribution in [3.63, 3.8) is 0 Å². The van der Waals surface area contributed by atoms with Crippen LogP contribution in [0.4, 0.5) is 0 Å². The molecule has 0 spiro atoms. The predicted molar refractivity (Wildman–Crippen MR) is 124 cm³/mol. The summed E-state index contributed by atoms with van der Waals surface area (Å²) in [4.78, 5) is 12.2. The molecular weight excluding hydrogens is 430 g/mol. The van der Waals surface area contributed by atoms with Gasteiger partial charge in [0.25, 0.3) is 5.91 Å². The van der Waals surface area contributed by atoms with E-state index in [2.05, 4.69) is 20.7 Å². The molecule has 1 heterocycles. The Labute approximate surface area is 190 Å². The minimum atomic E-state index is -0.247. The largest absolute Gasteiger partial charge is 0.497 e. The van der Waals surface area contributed by atoms with E-state index in [1.807, 2.05) is 41.8 Å². The van der Waals surface area contributed by atoms with E-state index in [0.29, 0.717) is 23.2 Å². The fourth-order valence-electron chi connectivity index (χ4n) is 2.91. The number of amides is 1. The van der Waals surface area contributed by atoms with Crippen molar-refractivity contribution in [3.05, 3.63) is 48.0 Å². The van der Waals surface area contributed by atoms with Crippen LogP contribution in [-0.2, 0) is 11.3 Å². The number of hydrogen-bond acceptors (Lipinski definition) is 8. The minimum absolute atomic E-state index is 0.157. The van der Waals surface area contributed by atoms with E-state index in [-0.39, 0.29) is 11.7 Å². The molecule has 1 aromatic heterocycles. The molecular formula is C22H25N5O4S. The highest BCUT2D eigenvalue weighted by molar-refractivity contribution is 7.99. The minimum Gasteiger partial charge on any atom is -0.497 e. The van der Waals surface area contributed by atoms with Crippen molar-refractivity contribution < 1.29 is 19.0 Å². The zero-order chi connectivity index (χ0) is 22.9. The van der Waals surface area contributed by atoms with Crippen molar-refractivity contribution in [2.75, 3.05) is 27.1 Å². The van der Waals surface area contributed by atoms with Gasteiger partial charge in [-0.1, -0.05) is 11.8 Å². The third-order valence-electron chi connectivity index (χ3n) is 4.52. The summed E-state index contributed by atoms with van der Waals surface area (Å²) in [6.07, 6.45) is 1.54. The number of rotatable bonds is 10. The molecule has 3 aromatic rings. The number of ether oxygens (including phenoxy) is 3. The van der Waals surface area contributed by atoms with Crippen LogP contribution in [0.1, 0.15) is 12.5 Å². The van der Waals surface area contributed by atoms with Crippen LogP contribution < -0.4 is 19.6 Å². The van der Waals surface area contributed by atoms with E-state index in [4.69, 9.17) is 14.2 Å². The average Bonchev–Trinajstić information content (AvgIpc) is 3.25. The van der Waals surface area contributed by atoms with Crippen LogP contribution in [0.15, 0.2) is 52.7 Å². The molecule has 0 aliphatic rings. The number of benzene rings is 2. The quantitative estimate of drug-likeness (QED) is 0.285. The normalized spacial score (nSPS) is 10.9. The fraction of sp³-hybridized carbons (Fsp3) is 0.273. The zero-order valence-corrected chi connectivity index (χ0v) is 19.2. The van der Waals surface area contributed by atoms with Gasteiger partial charge in [0.15, 0.2) is 22.5 Å². The van der Waals surface area contributed by atoms with Crippen molar-refractivity contribution in [2.24, 2.45) is 5.10 Å². The molecule has 0 aliphatic carbocycles. The van der Waals surface area contributed by atoms with E-state index in [1.165, 1.54) is 11.8 Å². The summed E-state index contributed by atoms with van der Waals surface area (Å²) in [5.41, 5.74) is 4.22. The highest BCUT2D eigenvalue weighted by Crippen LogP contribution is 2.27. The summed E-state index contributed by atoms with van der Waals surface area (Å²) in [6.45, 7) is 2.68. The number of carbonyl (C=O) groups excluding carboxylic acids is 1. The fourth-order valence-corrected chi connectivity index (χ4v) is 3.70. The molecule has 0 aliphatic heterocycles. The standard InChI is InChI=1S/C22H25N5O4S/c1-5-27-21(16-7-9-17(29-2)10-8-16)25-26-22(27)32-14-20(28)24-23-13-15-6-11-18(30-3)19(12-15)31-4/h6-13H,5,14H2,1-4H3,(H,24,28). The number of nitrogens with one attached hydrogen (secondary N) is 1. The van der Waals surface area contributed by atoms with E-state index < -0.39 is 0 Å². The Morgan fingerprint density at radius 2 is 1.81 bits per heavy atom. The summed E-state index contributed by atoms with van der Waals surface area (Å²) < 4.78 is 17.6. The third-order valence-corrected chi connectivity index (χ3v) is 5.49. The van der Waals surface area contributed by atoms with Gasteiger partial charge in [-0.05, 0) is 55.0 Å². The summed E-state index contributed by atoms with van der Waals surface area (Å²) >= 11 is 1.30. The van der Waals surface area contributed by atoms with Crippen LogP contribution in [0.2, 0.25) is 0 Å². The summed E-state index contributed by atoms with van der Waals surface area (Å²) in [7, 11) is 4.76. The smallest absolute Gasteiger partial charge is 0.250 e. The molecule has 0 radical (unpaired) electrons. The van der Waals surface area contributed by atoms with Crippen molar-refractivity contribution in [1.82, 2.24) is 20.2 Å². The first-order valence-corrected chi connectivity index (χ1v) is 10.8. The molecule has 0 saturated heterocycles. The Kier molecular flexibility index (Phi) is 8.09. The SMILES string of the molecule is CCn1c(SCC(=O)NN=Cc2ccc(OC)c(OC)c2)nnc1-c1ccc(OC)cc1. The highest BCUT2D eigenvalue weighted by Gasteiger charge is 2.14. The Morgan fingerprint density at radius 3 is 2.47 bits per heavy atom. The van der Waals surface area contributed by atoms with Gasteiger partial charge in [-0.2, -0.15) is 5.10 Å². The monoisotopic (exact) mass is 455 g/mol. The van der Waals surface area contributed by atoms with Gasteiger partial charge < -0.3 is 18.8 Å². The van der Waals surface area contributed by atoms with Gasteiger partial charge in [-0.25, -0.2) is 5.43 Å². The molecule has 168 valence electrons. The Morgan fingerprint density at radius 1 is 1.06 bits per heavy atom. The summed E-state index contributed by atoms with van der Waals surface area (Å²) in [6, 6.07) is 13.0. The second-order valence-corrected chi connectivity index (χ2v) is 7.42. The van der Waals surface area contributed by atoms with Gasteiger partial charge >= 0.3 is 0 Å². The highest BCUT2D eigenvalue weighted by atomic mass is 32.2. The van der Waals surface area contributed by atoms with Crippen LogP contribution >= 0.6 is 11.8 Å². The van der Waals surface area contributed by atoms with Gasteiger partial charge in [-0.3, -0.25) is 4.79 Å². The molecule has 3 rings (SSSR count). The molecule has 2 aromatic carbocycles. The molecule has 9 nitrogen and oxygen atoms in total. The third kappa shape index (κ3) is 5.58. The maximum Gasteiger partial charge on any atom is 0.250 e. The van der Waals surface area contributed by atoms with Gasteiger partial charge in [-0.15, -0.1) is 10.2 Å². The molecule has 32 heavy (non-hydrogen) atoms. The first-order valence-electron chi connectivity index (χ1n) is 9.84. The van der Waals surface area contributed by atoms with Gasteiger partial charge in [0, 0.05) is 12.1 Å². The van der Waals surface area contributed by atoms with Gasteiger partial charge in [0.05, 0.1) is 33.3 Å². The zero-order valence-electron chi connectivity index (χ0n) is 18.4. The number of methoxy groups -OCH3 is 3. The lowest BCUT2D eigenvalue weighted by atomic mass is 10.2. The lowest BCUT2D eigenvalue weighted by molar-refractivity contribution is -0.118. The number of carbonyl (C=O) groups is 1. The molecule has 1 N–H and O–H groups in total. The van der Waals surface area contributed by atoms with Crippen LogP contribution in [-0.4, -0.2) is 54.0 Å².